The molecule has 0 spiro atoms. The minimum atomic E-state index is -0.0923. The predicted molar refractivity (Wildman–Crippen MR) is 68.9 cm³/mol. The molecule has 3 N–H and O–H groups in total. The van der Waals surface area contributed by atoms with Gasteiger partial charge in [-0.1, -0.05) is 0 Å². The van der Waals surface area contributed by atoms with Crippen LogP contribution in [0.4, 0.5) is 0 Å². The lowest BCUT2D eigenvalue weighted by Crippen LogP contribution is -2.42. The van der Waals surface area contributed by atoms with Gasteiger partial charge in [0, 0.05) is 52.0 Å². The van der Waals surface area contributed by atoms with E-state index in [2.05, 4.69) is 15.2 Å². The number of rotatable bonds is 4. The van der Waals surface area contributed by atoms with Crippen LogP contribution in [0, 0.1) is 0 Å². The Hall–Kier alpha value is -1.40. The molecule has 18 heavy (non-hydrogen) atoms. The van der Waals surface area contributed by atoms with Gasteiger partial charge in [0.1, 0.15) is 5.82 Å². The number of carbonyl (C=O) groups excluding carboxylic acids is 1. The van der Waals surface area contributed by atoms with Gasteiger partial charge in [0.2, 0.25) is 5.91 Å². The van der Waals surface area contributed by atoms with Crippen molar-refractivity contribution in [3.63, 3.8) is 0 Å². The first-order valence-corrected chi connectivity index (χ1v) is 6.29. The van der Waals surface area contributed by atoms with Crippen molar-refractivity contribution in [3.05, 3.63) is 18.2 Å². The summed E-state index contributed by atoms with van der Waals surface area (Å²) in [5.41, 5.74) is 5.94. The van der Waals surface area contributed by atoms with Crippen molar-refractivity contribution in [1.82, 2.24) is 19.8 Å². The highest BCUT2D eigenvalue weighted by atomic mass is 16.2. The average Bonchev–Trinajstić information content (AvgIpc) is 2.92. The van der Waals surface area contributed by atoms with Crippen molar-refractivity contribution >= 4 is 5.91 Å². The van der Waals surface area contributed by atoms with Crippen LogP contribution in [0.5, 0.6) is 0 Å². The molecular weight excluding hydrogens is 230 g/mol. The number of carbonyl (C=O) groups is 1. The lowest BCUT2D eigenvalue weighted by atomic mass is 10.1. The molecule has 1 aliphatic heterocycles. The zero-order chi connectivity index (χ0) is 13.1. The third-order valence-electron chi connectivity index (χ3n) is 3.53. The second-order valence-electron chi connectivity index (χ2n) is 4.83. The number of aryl methyl sites for hydroxylation is 1. The summed E-state index contributed by atoms with van der Waals surface area (Å²) in [4.78, 5) is 18.2. The van der Waals surface area contributed by atoms with Gasteiger partial charge in [0.15, 0.2) is 0 Å². The Morgan fingerprint density at radius 3 is 3.06 bits per heavy atom. The molecule has 100 valence electrons. The van der Waals surface area contributed by atoms with Crippen molar-refractivity contribution in [3.8, 4) is 0 Å². The Kier molecular flexibility index (Phi) is 3.98. The maximum atomic E-state index is 11.8. The normalized spacial score (nSPS) is 24.4. The number of likely N-dealkylation sites (N-methyl/N-ethyl adjacent to an activating group) is 1. The first-order valence-electron chi connectivity index (χ1n) is 6.29. The molecule has 2 atom stereocenters. The molecule has 1 aromatic rings. The zero-order valence-electron chi connectivity index (χ0n) is 11.0. The molecule has 1 fully saturated rings. The highest BCUT2D eigenvalue weighted by Gasteiger charge is 2.34. The van der Waals surface area contributed by atoms with Crippen molar-refractivity contribution < 1.29 is 4.79 Å². The summed E-state index contributed by atoms with van der Waals surface area (Å²) in [6.07, 6.45) is 5.30. The molecule has 1 aliphatic rings. The molecule has 0 bridgehead atoms. The fourth-order valence-electron chi connectivity index (χ4n) is 2.51. The predicted octanol–water partition coefficient (Wildman–Crippen LogP) is -0.890. The number of amides is 1. The van der Waals surface area contributed by atoms with E-state index in [0.29, 0.717) is 0 Å². The van der Waals surface area contributed by atoms with Crippen LogP contribution >= 0.6 is 0 Å². The largest absolute Gasteiger partial charge is 0.358 e. The van der Waals surface area contributed by atoms with E-state index in [-0.39, 0.29) is 18.0 Å². The Labute approximate surface area is 107 Å². The molecule has 1 amide bonds. The van der Waals surface area contributed by atoms with Crippen LogP contribution < -0.4 is 11.1 Å². The molecule has 0 unspecified atom stereocenters. The zero-order valence-corrected chi connectivity index (χ0v) is 11.0. The molecule has 6 nitrogen and oxygen atoms in total. The van der Waals surface area contributed by atoms with Gasteiger partial charge in [0.25, 0.3) is 0 Å². The van der Waals surface area contributed by atoms with E-state index >= 15 is 0 Å². The highest BCUT2D eigenvalue weighted by molar-refractivity contribution is 5.81. The number of nitrogens with zero attached hydrogens (tertiary/aromatic N) is 3. The highest BCUT2D eigenvalue weighted by Crippen LogP contribution is 2.17. The van der Waals surface area contributed by atoms with Crippen molar-refractivity contribution in [2.75, 3.05) is 20.1 Å². The van der Waals surface area contributed by atoms with Gasteiger partial charge in [-0.15, -0.1) is 0 Å². The standard InChI is InChI=1S/C12H21N5O/c1-14-12(18)10-7-9(13)8-17(10)5-3-11-15-4-6-16(11)2/h4,6,9-10H,3,5,7-8,13H2,1-2H3,(H,14,18)/t9-,10+/m1/s1. The van der Waals surface area contributed by atoms with Gasteiger partial charge in [-0.25, -0.2) is 4.98 Å². The maximum absolute atomic E-state index is 11.8. The molecule has 0 radical (unpaired) electrons. The lowest BCUT2D eigenvalue weighted by molar-refractivity contribution is -0.124. The van der Waals surface area contributed by atoms with Crippen LogP contribution in [0.1, 0.15) is 12.2 Å². The van der Waals surface area contributed by atoms with Gasteiger partial charge < -0.3 is 15.6 Å². The van der Waals surface area contributed by atoms with Crippen LogP contribution in [0.2, 0.25) is 0 Å². The molecule has 0 saturated carbocycles. The summed E-state index contributed by atoms with van der Waals surface area (Å²) >= 11 is 0. The van der Waals surface area contributed by atoms with Crippen molar-refractivity contribution in [1.29, 1.82) is 0 Å². The third-order valence-corrected chi connectivity index (χ3v) is 3.53. The number of nitrogens with one attached hydrogen (secondary N) is 1. The van der Waals surface area contributed by atoms with Gasteiger partial charge >= 0.3 is 0 Å². The molecule has 1 aromatic heterocycles. The topological polar surface area (TPSA) is 76.2 Å². The number of nitrogens with two attached hydrogens (primary N) is 1. The Bertz CT molecular complexity index is 416. The monoisotopic (exact) mass is 251 g/mol. The fourth-order valence-corrected chi connectivity index (χ4v) is 2.51. The summed E-state index contributed by atoms with van der Waals surface area (Å²) in [6, 6.07) is -0.000982. The Balaban J connectivity index is 1.95. The van der Waals surface area contributed by atoms with E-state index in [4.69, 9.17) is 5.73 Å². The van der Waals surface area contributed by atoms with E-state index in [1.165, 1.54) is 0 Å². The minimum Gasteiger partial charge on any atom is -0.358 e. The number of aromatic nitrogens is 2. The summed E-state index contributed by atoms with van der Waals surface area (Å²) < 4.78 is 2.00. The average molecular weight is 251 g/mol. The third kappa shape index (κ3) is 2.70. The maximum Gasteiger partial charge on any atom is 0.237 e. The molecule has 2 heterocycles. The molecule has 0 aromatic carbocycles. The summed E-state index contributed by atoms with van der Waals surface area (Å²) in [5.74, 6) is 1.09. The summed E-state index contributed by atoms with van der Waals surface area (Å²) in [7, 11) is 3.65. The van der Waals surface area contributed by atoms with Gasteiger partial charge in [-0.3, -0.25) is 9.69 Å². The molecule has 0 aliphatic carbocycles. The number of imidazole rings is 1. The van der Waals surface area contributed by atoms with Crippen LogP contribution in [0.25, 0.3) is 0 Å². The SMILES string of the molecule is CNC(=O)[C@@H]1C[C@@H](N)CN1CCc1nccn1C. The quantitative estimate of drug-likeness (QED) is 0.728. The first-order chi connectivity index (χ1) is 8.61. The van der Waals surface area contributed by atoms with Gasteiger partial charge in [-0.2, -0.15) is 0 Å². The van der Waals surface area contributed by atoms with Gasteiger partial charge in [-0.05, 0) is 6.42 Å². The smallest absolute Gasteiger partial charge is 0.237 e. The first kappa shape index (κ1) is 13.0. The van der Waals surface area contributed by atoms with Crippen LogP contribution in [0.3, 0.4) is 0 Å². The summed E-state index contributed by atoms with van der Waals surface area (Å²) in [5, 5.41) is 2.71. The van der Waals surface area contributed by atoms with E-state index in [9.17, 15) is 4.79 Å². The molecule has 6 heteroatoms. The second kappa shape index (κ2) is 5.49. The molecule has 1 saturated heterocycles. The van der Waals surface area contributed by atoms with Crippen LogP contribution in [-0.4, -0.2) is 52.6 Å². The number of likely N-dealkylation sites (tertiary alicyclic amines) is 1. The van der Waals surface area contributed by atoms with Gasteiger partial charge in [0.05, 0.1) is 6.04 Å². The van der Waals surface area contributed by atoms with Crippen molar-refractivity contribution in [2.45, 2.75) is 24.9 Å². The minimum absolute atomic E-state index is 0.0581. The Morgan fingerprint density at radius 2 is 2.44 bits per heavy atom. The van der Waals surface area contributed by atoms with Crippen LogP contribution in [0.15, 0.2) is 12.4 Å². The molecular formula is C12H21N5O. The van der Waals surface area contributed by atoms with E-state index in [1.54, 1.807) is 13.2 Å². The van der Waals surface area contributed by atoms with Crippen LogP contribution in [-0.2, 0) is 18.3 Å². The van der Waals surface area contributed by atoms with Crippen molar-refractivity contribution in [2.24, 2.45) is 12.8 Å². The number of hydrogen-bond acceptors (Lipinski definition) is 4. The fraction of sp³-hybridized carbons (Fsp3) is 0.667. The lowest BCUT2D eigenvalue weighted by Gasteiger charge is -2.22. The van der Waals surface area contributed by atoms with E-state index < -0.39 is 0 Å². The van der Waals surface area contributed by atoms with E-state index in [1.807, 2.05) is 17.8 Å². The summed E-state index contributed by atoms with van der Waals surface area (Å²) in [6.45, 7) is 1.60. The Morgan fingerprint density at radius 1 is 1.67 bits per heavy atom. The second-order valence-corrected chi connectivity index (χ2v) is 4.83. The van der Waals surface area contributed by atoms with E-state index in [0.717, 1.165) is 31.8 Å². The molecule has 2 rings (SSSR count). The number of hydrogen-bond donors (Lipinski definition) is 2.